The summed E-state index contributed by atoms with van der Waals surface area (Å²) in [5.41, 5.74) is 3.62. The maximum Gasteiger partial charge on any atom is 0.313 e. The van der Waals surface area contributed by atoms with Crippen molar-refractivity contribution in [2.75, 3.05) is 11.9 Å². The van der Waals surface area contributed by atoms with Gasteiger partial charge in [0.15, 0.2) is 0 Å². The van der Waals surface area contributed by atoms with Crippen molar-refractivity contribution in [3.8, 4) is 10.6 Å². The lowest BCUT2D eigenvalue weighted by Crippen LogP contribution is -2.36. The molecule has 0 fully saturated rings. The van der Waals surface area contributed by atoms with E-state index >= 15 is 0 Å². The van der Waals surface area contributed by atoms with Gasteiger partial charge in [-0.05, 0) is 32.0 Å². The first-order chi connectivity index (χ1) is 13.4. The first-order valence-electron chi connectivity index (χ1n) is 8.81. The summed E-state index contributed by atoms with van der Waals surface area (Å²) in [5.74, 6) is -1.43. The fourth-order valence-electron chi connectivity index (χ4n) is 2.67. The van der Waals surface area contributed by atoms with Crippen LogP contribution in [0.25, 0.3) is 10.6 Å². The van der Waals surface area contributed by atoms with E-state index in [0.29, 0.717) is 23.7 Å². The van der Waals surface area contributed by atoms with E-state index in [1.54, 1.807) is 35.6 Å². The number of carbonyl (C=O) groups is 2. The lowest BCUT2D eigenvalue weighted by molar-refractivity contribution is -0.136. The van der Waals surface area contributed by atoms with Crippen LogP contribution in [0.5, 0.6) is 0 Å². The number of anilines is 1. The fourth-order valence-corrected chi connectivity index (χ4v) is 3.91. The second kappa shape index (κ2) is 8.99. The molecule has 3 rings (SSSR count). The van der Waals surface area contributed by atoms with Crippen molar-refractivity contribution in [1.82, 2.24) is 10.3 Å². The fraction of sp³-hybridized carbons (Fsp3) is 0.190. The van der Waals surface area contributed by atoms with Crippen LogP contribution in [0, 0.1) is 13.8 Å². The number of halogens is 1. The molecule has 0 unspecified atom stereocenters. The van der Waals surface area contributed by atoms with Crippen molar-refractivity contribution in [2.45, 2.75) is 20.3 Å². The third-order valence-corrected chi connectivity index (χ3v) is 5.72. The van der Waals surface area contributed by atoms with Crippen molar-refractivity contribution in [3.63, 3.8) is 0 Å². The van der Waals surface area contributed by atoms with E-state index in [1.165, 1.54) is 5.56 Å². The van der Waals surface area contributed by atoms with Gasteiger partial charge in [0, 0.05) is 23.4 Å². The van der Waals surface area contributed by atoms with Gasteiger partial charge in [0.25, 0.3) is 0 Å². The second-order valence-corrected chi connectivity index (χ2v) is 7.83. The maximum atomic E-state index is 12.0. The van der Waals surface area contributed by atoms with Gasteiger partial charge in [-0.1, -0.05) is 47.5 Å². The van der Waals surface area contributed by atoms with Gasteiger partial charge >= 0.3 is 11.8 Å². The molecular weight excluding hydrogens is 394 g/mol. The first kappa shape index (κ1) is 20.0. The molecule has 0 spiro atoms. The van der Waals surface area contributed by atoms with Gasteiger partial charge in [0.1, 0.15) is 5.01 Å². The Balaban J connectivity index is 1.55. The molecule has 2 N–H and O–H groups in total. The van der Waals surface area contributed by atoms with E-state index in [9.17, 15) is 9.59 Å². The number of aryl methyl sites for hydroxylation is 2. The summed E-state index contributed by atoms with van der Waals surface area (Å²) in [6.45, 7) is 4.36. The van der Waals surface area contributed by atoms with Crippen molar-refractivity contribution in [1.29, 1.82) is 0 Å². The molecule has 7 heteroatoms. The number of thiazole rings is 1. The Kier molecular flexibility index (Phi) is 6.44. The largest absolute Gasteiger partial charge is 0.347 e. The molecule has 28 heavy (non-hydrogen) atoms. The van der Waals surface area contributed by atoms with Gasteiger partial charge in [-0.3, -0.25) is 9.59 Å². The first-order valence-corrected chi connectivity index (χ1v) is 10.0. The van der Waals surface area contributed by atoms with E-state index in [0.717, 1.165) is 21.1 Å². The quantitative estimate of drug-likeness (QED) is 0.610. The predicted octanol–water partition coefficient (Wildman–Crippen LogP) is 4.38. The van der Waals surface area contributed by atoms with E-state index in [2.05, 4.69) is 21.7 Å². The number of para-hydroxylation sites is 1. The average molecular weight is 414 g/mol. The van der Waals surface area contributed by atoms with Crippen LogP contribution in [0.2, 0.25) is 5.02 Å². The van der Waals surface area contributed by atoms with Gasteiger partial charge in [-0.25, -0.2) is 4.98 Å². The standard InChI is InChI=1S/C21H20ClN3O2S/c1-13-6-5-7-15(12-13)21-24-14(2)18(28-21)10-11-23-19(26)20(27)25-17-9-4-3-8-16(17)22/h3-9,12H,10-11H2,1-2H3,(H,23,26)(H,25,27). The van der Waals surface area contributed by atoms with Crippen molar-refractivity contribution < 1.29 is 9.59 Å². The molecule has 0 radical (unpaired) electrons. The lowest BCUT2D eigenvalue weighted by Gasteiger charge is -2.07. The van der Waals surface area contributed by atoms with Gasteiger partial charge in [-0.15, -0.1) is 11.3 Å². The Bertz CT molecular complexity index is 1020. The zero-order chi connectivity index (χ0) is 20.1. The SMILES string of the molecule is Cc1cccc(-c2nc(C)c(CCNC(=O)C(=O)Nc3ccccc3Cl)s2)c1. The second-order valence-electron chi connectivity index (χ2n) is 6.34. The monoisotopic (exact) mass is 413 g/mol. The van der Waals surface area contributed by atoms with E-state index in [4.69, 9.17) is 11.6 Å². The molecule has 144 valence electrons. The van der Waals surface area contributed by atoms with Crippen LogP contribution in [-0.4, -0.2) is 23.3 Å². The summed E-state index contributed by atoms with van der Waals surface area (Å²) >= 11 is 7.59. The minimum absolute atomic E-state index is 0.352. The highest BCUT2D eigenvalue weighted by Gasteiger charge is 2.15. The van der Waals surface area contributed by atoms with Gasteiger partial charge in [-0.2, -0.15) is 0 Å². The molecule has 0 saturated carbocycles. The Morgan fingerprint density at radius 3 is 2.61 bits per heavy atom. The third-order valence-electron chi connectivity index (χ3n) is 4.12. The molecule has 1 aromatic heterocycles. The molecule has 5 nitrogen and oxygen atoms in total. The number of benzene rings is 2. The van der Waals surface area contributed by atoms with Gasteiger partial charge in [0.2, 0.25) is 0 Å². The Morgan fingerprint density at radius 1 is 1.07 bits per heavy atom. The van der Waals surface area contributed by atoms with Crippen molar-refractivity contribution in [2.24, 2.45) is 0 Å². The van der Waals surface area contributed by atoms with Crippen LogP contribution in [0.1, 0.15) is 16.1 Å². The molecular formula is C21H20ClN3O2S. The number of aromatic nitrogens is 1. The summed E-state index contributed by atoms with van der Waals surface area (Å²) in [5, 5.41) is 6.49. The molecule has 0 aliphatic rings. The summed E-state index contributed by atoms with van der Waals surface area (Å²) < 4.78 is 0. The van der Waals surface area contributed by atoms with E-state index in [1.807, 2.05) is 32.0 Å². The normalized spacial score (nSPS) is 10.5. The number of hydrogen-bond donors (Lipinski definition) is 2. The molecule has 0 bridgehead atoms. The molecule has 0 aliphatic carbocycles. The number of carbonyl (C=O) groups excluding carboxylic acids is 2. The zero-order valence-electron chi connectivity index (χ0n) is 15.6. The Labute approximate surface area is 172 Å². The van der Waals surface area contributed by atoms with Crippen LogP contribution in [0.4, 0.5) is 5.69 Å². The van der Waals surface area contributed by atoms with Crippen LogP contribution >= 0.6 is 22.9 Å². The van der Waals surface area contributed by atoms with Crippen LogP contribution in [0.3, 0.4) is 0 Å². The number of nitrogens with zero attached hydrogens (tertiary/aromatic N) is 1. The van der Waals surface area contributed by atoms with Gasteiger partial charge in [0.05, 0.1) is 16.4 Å². The third kappa shape index (κ3) is 4.97. The number of hydrogen-bond acceptors (Lipinski definition) is 4. The Hall–Kier alpha value is -2.70. The minimum atomic E-state index is -0.741. The molecule has 2 aromatic carbocycles. The minimum Gasteiger partial charge on any atom is -0.347 e. The highest BCUT2D eigenvalue weighted by molar-refractivity contribution is 7.15. The van der Waals surface area contributed by atoms with Crippen LogP contribution < -0.4 is 10.6 Å². The summed E-state index contributed by atoms with van der Waals surface area (Å²) in [6, 6.07) is 15.0. The maximum absolute atomic E-state index is 12.0. The molecule has 3 aromatic rings. The number of rotatable bonds is 5. The van der Waals surface area contributed by atoms with Crippen LogP contribution in [-0.2, 0) is 16.0 Å². The Morgan fingerprint density at radius 2 is 1.86 bits per heavy atom. The smallest absolute Gasteiger partial charge is 0.313 e. The predicted molar refractivity (Wildman–Crippen MR) is 114 cm³/mol. The molecule has 2 amide bonds. The molecule has 0 saturated heterocycles. The lowest BCUT2D eigenvalue weighted by atomic mass is 10.1. The van der Waals surface area contributed by atoms with Crippen LogP contribution in [0.15, 0.2) is 48.5 Å². The van der Waals surface area contributed by atoms with Crippen molar-refractivity contribution in [3.05, 3.63) is 69.7 Å². The number of amides is 2. The highest BCUT2D eigenvalue weighted by atomic mass is 35.5. The summed E-state index contributed by atoms with van der Waals surface area (Å²) in [7, 11) is 0. The highest BCUT2D eigenvalue weighted by Crippen LogP contribution is 2.28. The molecule has 0 atom stereocenters. The average Bonchev–Trinajstić information content (AvgIpc) is 3.04. The molecule has 1 heterocycles. The molecule has 0 aliphatic heterocycles. The van der Waals surface area contributed by atoms with Gasteiger partial charge < -0.3 is 10.6 Å². The topological polar surface area (TPSA) is 71.1 Å². The van der Waals surface area contributed by atoms with Crippen molar-refractivity contribution >= 4 is 40.4 Å². The zero-order valence-corrected chi connectivity index (χ0v) is 17.2. The van der Waals surface area contributed by atoms with E-state index < -0.39 is 11.8 Å². The summed E-state index contributed by atoms with van der Waals surface area (Å²) in [4.78, 5) is 29.7. The summed E-state index contributed by atoms with van der Waals surface area (Å²) in [6.07, 6.45) is 0.612. The van der Waals surface area contributed by atoms with E-state index in [-0.39, 0.29) is 0 Å². The number of nitrogens with one attached hydrogen (secondary N) is 2.